The number of hydrogen-bond donors (Lipinski definition) is 0. The van der Waals surface area contributed by atoms with E-state index in [0.717, 1.165) is 87.8 Å². The summed E-state index contributed by atoms with van der Waals surface area (Å²) >= 11 is 0. The van der Waals surface area contributed by atoms with Gasteiger partial charge in [0.1, 0.15) is 16.7 Å². The molecule has 0 aliphatic carbocycles. The van der Waals surface area contributed by atoms with Crippen LogP contribution in [0, 0.1) is 0 Å². The zero-order valence-corrected chi connectivity index (χ0v) is 27.6. The number of para-hydroxylation sites is 2. The Kier molecular flexibility index (Phi) is 6.15. The highest BCUT2D eigenvalue weighted by atomic mass is 16.3. The van der Waals surface area contributed by atoms with Gasteiger partial charge in [-0.2, -0.15) is 0 Å². The van der Waals surface area contributed by atoms with Crippen LogP contribution in [0.5, 0.6) is 0 Å². The van der Waals surface area contributed by atoms with Gasteiger partial charge in [0.05, 0.1) is 5.52 Å². The van der Waals surface area contributed by atoms with Crippen molar-refractivity contribution in [3.63, 3.8) is 0 Å². The highest BCUT2D eigenvalue weighted by Gasteiger charge is 2.23. The van der Waals surface area contributed by atoms with E-state index >= 15 is 0 Å². The average molecular weight is 667 g/mol. The molecule has 242 valence electrons. The first-order valence-electron chi connectivity index (χ1n) is 17.2. The third kappa shape index (κ3) is 4.44. The molecule has 0 fully saturated rings. The number of benzene rings is 7. The molecule has 11 aromatic rings. The molecule has 0 atom stereocenters. The molecule has 0 radical (unpaired) electrons. The summed E-state index contributed by atoms with van der Waals surface area (Å²) in [6.07, 6.45) is 0. The second-order valence-corrected chi connectivity index (χ2v) is 13.0. The van der Waals surface area contributed by atoms with Crippen molar-refractivity contribution in [2.45, 2.75) is 0 Å². The Morgan fingerprint density at radius 1 is 0.365 bits per heavy atom. The molecule has 0 amide bonds. The minimum atomic E-state index is 0.540. The van der Waals surface area contributed by atoms with Crippen LogP contribution in [0.2, 0.25) is 0 Å². The van der Waals surface area contributed by atoms with Crippen LogP contribution in [-0.4, -0.2) is 19.9 Å². The lowest BCUT2D eigenvalue weighted by molar-refractivity contribution is 0.657. The highest BCUT2D eigenvalue weighted by molar-refractivity contribution is 6.17. The van der Waals surface area contributed by atoms with Crippen LogP contribution in [-0.2, 0) is 0 Å². The molecule has 7 aromatic carbocycles. The minimum Gasteiger partial charge on any atom is -0.456 e. The molecule has 6 heteroatoms. The Labute approximate surface area is 296 Å². The van der Waals surface area contributed by atoms with Crippen molar-refractivity contribution in [1.82, 2.24) is 19.9 Å². The first-order chi connectivity index (χ1) is 25.7. The van der Waals surface area contributed by atoms with Gasteiger partial charge in [0.15, 0.2) is 17.5 Å². The number of pyridine rings is 1. The summed E-state index contributed by atoms with van der Waals surface area (Å²) in [5, 5.41) is 7.07. The van der Waals surface area contributed by atoms with Crippen LogP contribution >= 0.6 is 0 Å². The Bertz CT molecular complexity index is 3200. The van der Waals surface area contributed by atoms with Crippen molar-refractivity contribution in [1.29, 1.82) is 0 Å². The highest BCUT2D eigenvalue weighted by Crippen LogP contribution is 2.43. The topological polar surface area (TPSA) is 77.8 Å². The second kappa shape index (κ2) is 11.2. The molecule has 0 spiro atoms. The fourth-order valence-electron chi connectivity index (χ4n) is 7.47. The summed E-state index contributed by atoms with van der Waals surface area (Å²) in [6.45, 7) is 0. The molecule has 0 aliphatic rings. The number of aromatic nitrogens is 4. The fourth-order valence-corrected chi connectivity index (χ4v) is 7.47. The minimum absolute atomic E-state index is 0.540. The molecule has 4 aromatic heterocycles. The van der Waals surface area contributed by atoms with E-state index in [9.17, 15) is 0 Å². The Hall–Kier alpha value is -7.18. The monoisotopic (exact) mass is 666 g/mol. The van der Waals surface area contributed by atoms with Gasteiger partial charge in [-0.05, 0) is 58.8 Å². The van der Waals surface area contributed by atoms with Crippen LogP contribution in [0.1, 0.15) is 0 Å². The van der Waals surface area contributed by atoms with Gasteiger partial charge < -0.3 is 8.83 Å². The van der Waals surface area contributed by atoms with Crippen LogP contribution in [0.25, 0.3) is 111 Å². The van der Waals surface area contributed by atoms with E-state index in [1.165, 1.54) is 0 Å². The molecule has 0 N–H and O–H groups in total. The zero-order chi connectivity index (χ0) is 34.2. The SMILES string of the molecule is c1ccc(-c2ccc(-c3nc(-c4ccc5ccccc5c4)nc(-c4cccc5oc6ccccc6c45)n3)c3c2oc2nc4ccccc4cc23)cc1. The molecule has 6 nitrogen and oxygen atoms in total. The number of hydrogen-bond acceptors (Lipinski definition) is 6. The van der Waals surface area contributed by atoms with Gasteiger partial charge in [0.2, 0.25) is 5.71 Å². The van der Waals surface area contributed by atoms with Crippen LogP contribution in [0.3, 0.4) is 0 Å². The molecule has 0 aliphatic heterocycles. The molecule has 4 heterocycles. The Morgan fingerprint density at radius 3 is 1.94 bits per heavy atom. The maximum atomic E-state index is 6.69. The average Bonchev–Trinajstić information content (AvgIpc) is 3.78. The van der Waals surface area contributed by atoms with E-state index in [0.29, 0.717) is 23.2 Å². The maximum absolute atomic E-state index is 6.69. The van der Waals surface area contributed by atoms with E-state index in [1.54, 1.807) is 0 Å². The molecule has 0 bridgehead atoms. The first kappa shape index (κ1) is 28.6. The summed E-state index contributed by atoms with van der Waals surface area (Å²) in [7, 11) is 0. The van der Waals surface area contributed by atoms with E-state index in [2.05, 4.69) is 84.9 Å². The van der Waals surface area contributed by atoms with Gasteiger partial charge >= 0.3 is 0 Å². The molecule has 0 saturated carbocycles. The van der Waals surface area contributed by atoms with Crippen molar-refractivity contribution in [2.75, 3.05) is 0 Å². The van der Waals surface area contributed by atoms with Gasteiger partial charge in [0.25, 0.3) is 0 Å². The molecular formula is C46H26N4O2. The number of nitrogens with zero attached hydrogens (tertiary/aromatic N) is 4. The summed E-state index contributed by atoms with van der Waals surface area (Å²) in [5.41, 5.74) is 8.40. The lowest BCUT2D eigenvalue weighted by atomic mass is 9.98. The Balaban J connectivity index is 1.24. The van der Waals surface area contributed by atoms with E-state index in [4.69, 9.17) is 28.8 Å². The second-order valence-electron chi connectivity index (χ2n) is 13.0. The summed E-state index contributed by atoms with van der Waals surface area (Å²) in [4.78, 5) is 20.7. The smallest absolute Gasteiger partial charge is 0.227 e. The number of rotatable bonds is 4. The third-order valence-electron chi connectivity index (χ3n) is 9.93. The van der Waals surface area contributed by atoms with Crippen molar-refractivity contribution >= 4 is 65.7 Å². The largest absolute Gasteiger partial charge is 0.456 e. The van der Waals surface area contributed by atoms with Gasteiger partial charge in [-0.1, -0.05) is 115 Å². The van der Waals surface area contributed by atoms with E-state index in [1.807, 2.05) is 72.8 Å². The molecule has 11 rings (SSSR count). The van der Waals surface area contributed by atoms with E-state index in [-0.39, 0.29) is 0 Å². The van der Waals surface area contributed by atoms with Crippen molar-refractivity contribution < 1.29 is 8.83 Å². The molecule has 0 unspecified atom stereocenters. The number of fused-ring (bicyclic) bond motifs is 8. The summed E-state index contributed by atoms with van der Waals surface area (Å²) < 4.78 is 13.0. The predicted octanol–water partition coefficient (Wildman–Crippen LogP) is 12.0. The van der Waals surface area contributed by atoms with Crippen molar-refractivity contribution in [3.05, 3.63) is 158 Å². The van der Waals surface area contributed by atoms with Gasteiger partial charge in [-0.15, -0.1) is 0 Å². The summed E-state index contributed by atoms with van der Waals surface area (Å²) in [5.74, 6) is 1.67. The maximum Gasteiger partial charge on any atom is 0.227 e. The van der Waals surface area contributed by atoms with Crippen molar-refractivity contribution in [3.8, 4) is 45.3 Å². The summed E-state index contributed by atoms with van der Waals surface area (Å²) in [6, 6.07) is 53.6. The van der Waals surface area contributed by atoms with Crippen LogP contribution < -0.4 is 0 Å². The standard InChI is InChI=1S/C46H26N4O2/c1-2-12-28(13-3-1)32-23-24-35(41-36-26-30-15-6-8-18-37(30)47-46(36)52-42(32)41)45-49-43(31-22-21-27-11-4-5-14-29(27)25-31)48-44(50-45)34-17-10-20-39-40(34)33-16-7-9-19-38(33)51-39/h1-26H. The lowest BCUT2D eigenvalue weighted by Crippen LogP contribution is -2.01. The van der Waals surface area contributed by atoms with Gasteiger partial charge in [0, 0.05) is 49.2 Å². The van der Waals surface area contributed by atoms with Crippen molar-refractivity contribution in [2.24, 2.45) is 0 Å². The van der Waals surface area contributed by atoms with Gasteiger partial charge in [-0.25, -0.2) is 19.9 Å². The molecule has 0 saturated heterocycles. The fraction of sp³-hybridized carbons (Fsp3) is 0. The van der Waals surface area contributed by atoms with Crippen LogP contribution in [0.4, 0.5) is 0 Å². The predicted molar refractivity (Wildman–Crippen MR) is 209 cm³/mol. The Morgan fingerprint density at radius 2 is 1.06 bits per heavy atom. The lowest BCUT2D eigenvalue weighted by Gasteiger charge is -2.11. The first-order valence-corrected chi connectivity index (χ1v) is 17.2. The van der Waals surface area contributed by atoms with Gasteiger partial charge in [-0.3, -0.25) is 0 Å². The molecule has 52 heavy (non-hydrogen) atoms. The quantitative estimate of drug-likeness (QED) is 0.186. The third-order valence-corrected chi connectivity index (χ3v) is 9.93. The number of furan rings is 2. The zero-order valence-electron chi connectivity index (χ0n) is 27.6. The van der Waals surface area contributed by atoms with Crippen LogP contribution in [0.15, 0.2) is 167 Å². The normalized spacial score (nSPS) is 11.8. The van der Waals surface area contributed by atoms with E-state index < -0.39 is 0 Å². The molecular weight excluding hydrogens is 641 g/mol.